The van der Waals surface area contributed by atoms with E-state index in [9.17, 15) is 13.2 Å². The zero-order chi connectivity index (χ0) is 28.5. The summed E-state index contributed by atoms with van der Waals surface area (Å²) in [5, 5.41) is 7.78. The maximum absolute atomic E-state index is 13.0. The molecule has 0 spiro atoms. The number of imidazole rings is 1. The molecule has 1 N–H and O–H groups in total. The molecule has 206 valence electrons. The number of hydrogen-bond donors (Lipinski definition) is 1. The van der Waals surface area contributed by atoms with E-state index in [1.807, 2.05) is 52.1 Å². The maximum Gasteiger partial charge on any atom is 0.228 e. The molecule has 0 saturated heterocycles. The molecule has 3 heterocycles. The number of ether oxygens (including phenoxy) is 1. The Hall–Kier alpha value is -4.51. The third-order valence-electron chi connectivity index (χ3n) is 6.29. The van der Waals surface area contributed by atoms with Gasteiger partial charge in [-0.15, -0.1) is 0 Å². The van der Waals surface area contributed by atoms with Crippen LogP contribution >= 0.6 is 0 Å². The van der Waals surface area contributed by atoms with E-state index in [1.54, 1.807) is 47.5 Å². The summed E-state index contributed by atoms with van der Waals surface area (Å²) in [5.41, 5.74) is 2.75. The predicted octanol–water partition coefficient (Wildman–Crippen LogP) is 5.10. The van der Waals surface area contributed by atoms with Gasteiger partial charge in [-0.1, -0.05) is 12.1 Å². The smallest absolute Gasteiger partial charge is 0.228 e. The summed E-state index contributed by atoms with van der Waals surface area (Å²) in [5.74, 6) is 0.706. The highest BCUT2D eigenvalue weighted by atomic mass is 32.2. The van der Waals surface area contributed by atoms with Gasteiger partial charge in [0.2, 0.25) is 5.91 Å². The van der Waals surface area contributed by atoms with Crippen molar-refractivity contribution in [2.45, 2.75) is 50.4 Å². The SMILES string of the molecule is Cc1cc(CC(=O)Nc2cnn(C(C)(C)C)c2)ccc1Oc1ccnc2ccc(S(=O)(=O)Cn3ccnc3)cc12. The van der Waals surface area contributed by atoms with Crippen molar-refractivity contribution in [3.8, 4) is 11.5 Å². The van der Waals surface area contributed by atoms with Crippen LogP contribution in [0.25, 0.3) is 10.9 Å². The van der Waals surface area contributed by atoms with Crippen molar-refractivity contribution in [3.05, 3.63) is 90.9 Å². The Morgan fingerprint density at radius 3 is 2.58 bits per heavy atom. The monoisotopic (exact) mass is 558 g/mol. The lowest BCUT2D eigenvalue weighted by Gasteiger charge is -2.18. The summed E-state index contributed by atoms with van der Waals surface area (Å²) in [4.78, 5) is 21.1. The number of sulfone groups is 1. The molecule has 0 aliphatic heterocycles. The summed E-state index contributed by atoms with van der Waals surface area (Å²) in [6, 6.07) is 12.0. The lowest BCUT2D eigenvalue weighted by molar-refractivity contribution is -0.115. The van der Waals surface area contributed by atoms with Crippen LogP contribution in [0.1, 0.15) is 31.9 Å². The van der Waals surface area contributed by atoms with Gasteiger partial charge in [-0.2, -0.15) is 5.10 Å². The molecule has 0 aliphatic carbocycles. The summed E-state index contributed by atoms with van der Waals surface area (Å²) in [6.07, 6.45) is 9.86. The van der Waals surface area contributed by atoms with Gasteiger partial charge >= 0.3 is 0 Å². The van der Waals surface area contributed by atoms with Crippen LogP contribution in [0.3, 0.4) is 0 Å². The van der Waals surface area contributed by atoms with Crippen molar-refractivity contribution < 1.29 is 17.9 Å². The third-order valence-corrected chi connectivity index (χ3v) is 7.90. The van der Waals surface area contributed by atoms with Crippen molar-refractivity contribution in [3.63, 3.8) is 0 Å². The largest absolute Gasteiger partial charge is 0.456 e. The number of aryl methyl sites for hydroxylation is 1. The summed E-state index contributed by atoms with van der Waals surface area (Å²) in [7, 11) is -3.62. The van der Waals surface area contributed by atoms with Crippen LogP contribution < -0.4 is 10.1 Å². The number of hydrogen-bond acceptors (Lipinski definition) is 7. The third kappa shape index (κ3) is 6.04. The van der Waals surface area contributed by atoms with Crippen LogP contribution in [0.2, 0.25) is 0 Å². The number of nitrogens with one attached hydrogen (secondary N) is 1. The molecule has 3 aromatic heterocycles. The molecule has 0 atom stereocenters. The first-order valence-corrected chi connectivity index (χ1v) is 14.3. The molecule has 11 heteroatoms. The molecule has 1 amide bonds. The minimum atomic E-state index is -3.62. The molecule has 40 heavy (non-hydrogen) atoms. The molecule has 5 rings (SSSR count). The van der Waals surface area contributed by atoms with E-state index < -0.39 is 9.84 Å². The first-order valence-electron chi connectivity index (χ1n) is 12.7. The van der Waals surface area contributed by atoms with Gasteiger partial charge in [-0.05, 0) is 69.2 Å². The number of anilines is 1. The molecular weight excluding hydrogens is 528 g/mol. The summed E-state index contributed by atoms with van der Waals surface area (Å²) < 4.78 is 35.5. The second-order valence-corrected chi connectivity index (χ2v) is 12.5. The Balaban J connectivity index is 1.32. The predicted molar refractivity (Wildman–Crippen MR) is 152 cm³/mol. The zero-order valence-electron chi connectivity index (χ0n) is 22.7. The first kappa shape index (κ1) is 27.1. The van der Waals surface area contributed by atoms with Crippen LogP contribution in [0, 0.1) is 6.92 Å². The molecule has 0 saturated carbocycles. The van der Waals surface area contributed by atoms with Crippen molar-refractivity contribution in [1.29, 1.82) is 0 Å². The number of nitrogens with zero attached hydrogens (tertiary/aromatic N) is 5. The molecule has 10 nitrogen and oxygen atoms in total. The molecule has 0 unspecified atom stereocenters. The maximum atomic E-state index is 13.0. The lowest BCUT2D eigenvalue weighted by atomic mass is 10.1. The lowest BCUT2D eigenvalue weighted by Crippen LogP contribution is -2.22. The highest BCUT2D eigenvalue weighted by Crippen LogP contribution is 2.33. The number of fused-ring (bicyclic) bond motifs is 1. The highest BCUT2D eigenvalue weighted by Gasteiger charge is 2.18. The molecule has 5 aromatic rings. The van der Waals surface area contributed by atoms with Gasteiger partial charge in [0.15, 0.2) is 9.84 Å². The first-order chi connectivity index (χ1) is 19.0. The van der Waals surface area contributed by atoms with E-state index in [0.29, 0.717) is 28.1 Å². The molecule has 2 aromatic carbocycles. The van der Waals surface area contributed by atoms with E-state index in [2.05, 4.69) is 20.4 Å². The second-order valence-electron chi connectivity index (χ2n) is 10.6. The van der Waals surface area contributed by atoms with E-state index in [4.69, 9.17) is 4.74 Å². The fourth-order valence-electron chi connectivity index (χ4n) is 4.22. The van der Waals surface area contributed by atoms with Crippen LogP contribution in [-0.2, 0) is 32.5 Å². The Morgan fingerprint density at radius 2 is 1.88 bits per heavy atom. The number of pyridine rings is 1. The van der Waals surface area contributed by atoms with E-state index in [-0.39, 0.29) is 28.6 Å². The summed E-state index contributed by atoms with van der Waals surface area (Å²) in [6.45, 7) is 8.01. The van der Waals surface area contributed by atoms with Gasteiger partial charge in [0, 0.05) is 30.2 Å². The van der Waals surface area contributed by atoms with E-state index >= 15 is 0 Å². The number of carbonyl (C=O) groups is 1. The molecule has 0 radical (unpaired) electrons. The molecule has 0 bridgehead atoms. The molecule has 0 aliphatic rings. The van der Waals surface area contributed by atoms with Gasteiger partial charge in [0.25, 0.3) is 0 Å². The molecular formula is C29H30N6O4S. The average Bonchev–Trinajstić information content (AvgIpc) is 3.57. The van der Waals surface area contributed by atoms with Gasteiger partial charge in [-0.3, -0.25) is 14.5 Å². The van der Waals surface area contributed by atoms with E-state index in [1.165, 1.54) is 17.1 Å². The zero-order valence-corrected chi connectivity index (χ0v) is 23.5. The topological polar surface area (TPSA) is 121 Å². The van der Waals surface area contributed by atoms with Crippen molar-refractivity contribution >= 4 is 32.3 Å². The Labute approximate surface area is 232 Å². The quantitative estimate of drug-likeness (QED) is 0.281. The number of amides is 1. The number of aromatic nitrogens is 5. The number of carbonyl (C=O) groups excluding carboxylic acids is 1. The Kier molecular flexibility index (Phi) is 7.16. The molecule has 0 fully saturated rings. The second kappa shape index (κ2) is 10.6. The van der Waals surface area contributed by atoms with Gasteiger partial charge in [-0.25, -0.2) is 13.4 Å². The van der Waals surface area contributed by atoms with Gasteiger partial charge in [0.1, 0.15) is 17.4 Å². The number of rotatable bonds is 8. The van der Waals surface area contributed by atoms with E-state index in [0.717, 1.165) is 11.1 Å². The fourth-order valence-corrected chi connectivity index (χ4v) is 5.48. The van der Waals surface area contributed by atoms with Crippen molar-refractivity contribution in [1.82, 2.24) is 24.3 Å². The highest BCUT2D eigenvalue weighted by molar-refractivity contribution is 7.90. The summed E-state index contributed by atoms with van der Waals surface area (Å²) >= 11 is 0. The number of benzene rings is 2. The van der Waals surface area contributed by atoms with Crippen LogP contribution in [0.4, 0.5) is 5.69 Å². The Morgan fingerprint density at radius 1 is 1.05 bits per heavy atom. The van der Waals surface area contributed by atoms with Crippen molar-refractivity contribution in [2.75, 3.05) is 5.32 Å². The van der Waals surface area contributed by atoms with Crippen LogP contribution in [-0.4, -0.2) is 38.6 Å². The average molecular weight is 559 g/mol. The van der Waals surface area contributed by atoms with Crippen LogP contribution in [0.15, 0.2) is 84.7 Å². The van der Waals surface area contributed by atoms with Gasteiger partial charge in [0.05, 0.1) is 40.6 Å². The normalized spacial score (nSPS) is 12.0. The Bertz CT molecular complexity index is 1790. The minimum absolute atomic E-state index is 0.147. The van der Waals surface area contributed by atoms with Crippen LogP contribution in [0.5, 0.6) is 11.5 Å². The fraction of sp³-hybridized carbons (Fsp3) is 0.241. The standard InChI is InChI=1S/C29H30N6O4S/c1-20-13-21(14-28(36)33-22-16-32-35(17-22)29(2,3)4)5-8-26(20)39-27-9-10-31-25-7-6-23(15-24(25)27)40(37,38)19-34-12-11-30-18-34/h5-13,15-18H,14,19H2,1-4H3,(H,33,36). The minimum Gasteiger partial charge on any atom is -0.456 e. The van der Waals surface area contributed by atoms with Crippen molar-refractivity contribution in [2.24, 2.45) is 0 Å². The van der Waals surface area contributed by atoms with Gasteiger partial charge < -0.3 is 14.6 Å².